The van der Waals surface area contributed by atoms with Gasteiger partial charge in [0.05, 0.1) is 5.52 Å². The molecule has 0 aliphatic carbocycles. The maximum atomic E-state index is 13.4. The van der Waals surface area contributed by atoms with Gasteiger partial charge in [0.25, 0.3) is 0 Å². The van der Waals surface area contributed by atoms with Crippen molar-refractivity contribution >= 4 is 28.8 Å². The number of para-hydroxylation sites is 1. The maximum Gasteiger partial charge on any atom is 0.221 e. The summed E-state index contributed by atoms with van der Waals surface area (Å²) in [4.78, 5) is 8.91. The number of nitrogens with one attached hydrogen (secondary N) is 1. The Morgan fingerprint density at radius 2 is 1.90 bits per heavy atom. The van der Waals surface area contributed by atoms with Crippen LogP contribution >= 0.6 is 12.2 Å². The highest BCUT2D eigenvalue weighted by molar-refractivity contribution is 7.71. The zero-order chi connectivity index (χ0) is 14.4. The Bertz CT molecular complexity index is 1030. The normalized spacial score (nSPS) is 11.3. The third kappa shape index (κ3) is 1.92. The number of hydrogen-bond donors (Lipinski definition) is 1. The number of hydrogen-bond acceptors (Lipinski definition) is 3. The van der Waals surface area contributed by atoms with Gasteiger partial charge in [0.1, 0.15) is 5.82 Å². The average Bonchev–Trinajstić information content (AvgIpc) is 2.93. The summed E-state index contributed by atoms with van der Waals surface area (Å²) in [5.74, 6) is 0.248. The van der Waals surface area contributed by atoms with Crippen LogP contribution in [0.15, 0.2) is 48.5 Å². The van der Waals surface area contributed by atoms with Gasteiger partial charge < -0.3 is 0 Å². The van der Waals surface area contributed by atoms with Crippen molar-refractivity contribution in [1.29, 1.82) is 0 Å². The molecule has 0 spiro atoms. The minimum absolute atomic E-state index is 0.306. The van der Waals surface area contributed by atoms with Crippen LogP contribution in [0.4, 0.5) is 4.39 Å². The summed E-state index contributed by atoms with van der Waals surface area (Å²) in [7, 11) is 0. The topological polar surface area (TPSA) is 46.0 Å². The number of benzene rings is 2. The predicted octanol–water partition coefficient (Wildman–Crippen LogP) is 3.75. The SMILES string of the molecule is Fc1cccc(-c2nc3c4ccccc4nc(=S)n3[nH]2)c1. The second-order valence-corrected chi connectivity index (χ2v) is 5.02. The molecule has 4 aromatic rings. The molecule has 0 aliphatic heterocycles. The van der Waals surface area contributed by atoms with E-state index in [2.05, 4.69) is 15.1 Å². The lowest BCUT2D eigenvalue weighted by Crippen LogP contribution is -1.94. The van der Waals surface area contributed by atoms with Crippen LogP contribution in [0.25, 0.3) is 27.9 Å². The Kier molecular flexibility index (Phi) is 2.58. The van der Waals surface area contributed by atoms with Crippen LogP contribution < -0.4 is 0 Å². The second kappa shape index (κ2) is 4.46. The predicted molar refractivity (Wildman–Crippen MR) is 81.1 cm³/mol. The van der Waals surface area contributed by atoms with Crippen molar-refractivity contribution in [3.05, 3.63) is 59.1 Å². The van der Waals surface area contributed by atoms with Crippen molar-refractivity contribution in [3.63, 3.8) is 0 Å². The average molecular weight is 296 g/mol. The fourth-order valence-electron chi connectivity index (χ4n) is 2.34. The summed E-state index contributed by atoms with van der Waals surface area (Å²) in [6, 6.07) is 13.9. The minimum Gasteiger partial charge on any atom is -0.273 e. The summed E-state index contributed by atoms with van der Waals surface area (Å²) in [6.07, 6.45) is 0. The van der Waals surface area contributed by atoms with E-state index < -0.39 is 0 Å². The zero-order valence-corrected chi connectivity index (χ0v) is 11.6. The van der Waals surface area contributed by atoms with Crippen LogP contribution in [0.1, 0.15) is 0 Å². The highest BCUT2D eigenvalue weighted by Gasteiger charge is 2.10. The van der Waals surface area contributed by atoms with Gasteiger partial charge in [-0.1, -0.05) is 24.3 Å². The molecule has 0 saturated heterocycles. The number of aromatic amines is 1. The monoisotopic (exact) mass is 296 g/mol. The van der Waals surface area contributed by atoms with E-state index >= 15 is 0 Å². The van der Waals surface area contributed by atoms with E-state index in [1.807, 2.05) is 24.3 Å². The van der Waals surface area contributed by atoms with Gasteiger partial charge >= 0.3 is 0 Å². The molecule has 6 heteroatoms. The summed E-state index contributed by atoms with van der Waals surface area (Å²) < 4.78 is 15.4. The van der Waals surface area contributed by atoms with Crippen LogP contribution in [-0.4, -0.2) is 19.6 Å². The molecular formula is C15H9FN4S. The first-order valence-corrected chi connectivity index (χ1v) is 6.77. The Hall–Kier alpha value is -2.60. The number of H-pyrrole nitrogens is 1. The van der Waals surface area contributed by atoms with Crippen LogP contribution in [0, 0.1) is 10.6 Å². The van der Waals surface area contributed by atoms with Crippen molar-refractivity contribution in [1.82, 2.24) is 19.6 Å². The summed E-state index contributed by atoms with van der Waals surface area (Å²) >= 11 is 5.28. The van der Waals surface area contributed by atoms with E-state index in [1.54, 1.807) is 16.6 Å². The molecule has 0 aliphatic rings. The molecule has 21 heavy (non-hydrogen) atoms. The van der Waals surface area contributed by atoms with E-state index in [0.717, 1.165) is 10.9 Å². The summed E-state index contributed by atoms with van der Waals surface area (Å²) in [6.45, 7) is 0. The van der Waals surface area contributed by atoms with Crippen molar-refractivity contribution in [2.75, 3.05) is 0 Å². The van der Waals surface area contributed by atoms with Gasteiger partial charge in [-0.25, -0.2) is 18.9 Å². The highest BCUT2D eigenvalue weighted by atomic mass is 32.1. The van der Waals surface area contributed by atoms with Crippen molar-refractivity contribution in [2.45, 2.75) is 0 Å². The molecular weight excluding hydrogens is 287 g/mol. The number of rotatable bonds is 1. The minimum atomic E-state index is -0.306. The molecule has 0 unspecified atom stereocenters. The van der Waals surface area contributed by atoms with Crippen molar-refractivity contribution in [3.8, 4) is 11.4 Å². The third-order valence-corrected chi connectivity index (χ3v) is 3.57. The van der Waals surface area contributed by atoms with E-state index in [9.17, 15) is 4.39 Å². The summed E-state index contributed by atoms with van der Waals surface area (Å²) in [5.41, 5.74) is 2.14. The molecule has 0 fully saturated rings. The molecule has 2 heterocycles. The molecule has 4 rings (SSSR count). The summed E-state index contributed by atoms with van der Waals surface area (Å²) in [5, 5.41) is 3.97. The van der Waals surface area contributed by atoms with Crippen LogP contribution in [0.3, 0.4) is 0 Å². The van der Waals surface area contributed by atoms with Crippen LogP contribution in [0.2, 0.25) is 0 Å². The lowest BCUT2D eigenvalue weighted by molar-refractivity contribution is 0.628. The molecule has 0 bridgehead atoms. The van der Waals surface area contributed by atoms with Crippen LogP contribution in [-0.2, 0) is 0 Å². The first-order valence-electron chi connectivity index (χ1n) is 6.36. The standard InChI is InChI=1S/C15H9FN4S/c16-10-5-3-4-9(8-10)13-18-14-11-6-1-2-7-12(11)17-15(21)20(14)19-13/h1-8H,(H,18,19). The van der Waals surface area contributed by atoms with Gasteiger partial charge in [-0.2, -0.15) is 0 Å². The lowest BCUT2D eigenvalue weighted by atomic mass is 10.2. The Morgan fingerprint density at radius 1 is 1.05 bits per heavy atom. The quantitative estimate of drug-likeness (QED) is 0.544. The van der Waals surface area contributed by atoms with Gasteiger partial charge in [0.2, 0.25) is 4.77 Å². The van der Waals surface area contributed by atoms with Gasteiger partial charge in [0, 0.05) is 10.9 Å². The van der Waals surface area contributed by atoms with E-state index in [1.165, 1.54) is 12.1 Å². The maximum absolute atomic E-state index is 13.4. The van der Waals surface area contributed by atoms with E-state index in [4.69, 9.17) is 12.2 Å². The molecule has 0 saturated carbocycles. The number of fused-ring (bicyclic) bond motifs is 3. The number of aromatic nitrogens is 4. The van der Waals surface area contributed by atoms with Crippen molar-refractivity contribution < 1.29 is 4.39 Å². The number of nitrogens with zero attached hydrogens (tertiary/aromatic N) is 3. The molecule has 2 aromatic carbocycles. The van der Waals surface area contributed by atoms with Gasteiger partial charge in [-0.3, -0.25) is 5.10 Å². The first-order chi connectivity index (χ1) is 10.2. The van der Waals surface area contributed by atoms with Crippen molar-refractivity contribution in [2.24, 2.45) is 0 Å². The van der Waals surface area contributed by atoms with Gasteiger partial charge in [-0.05, 0) is 36.5 Å². The fourth-order valence-corrected chi connectivity index (χ4v) is 2.57. The highest BCUT2D eigenvalue weighted by Crippen LogP contribution is 2.21. The smallest absolute Gasteiger partial charge is 0.221 e. The van der Waals surface area contributed by atoms with Gasteiger partial charge in [-0.15, -0.1) is 0 Å². The van der Waals surface area contributed by atoms with E-state index in [0.29, 0.717) is 21.8 Å². The van der Waals surface area contributed by atoms with E-state index in [-0.39, 0.29) is 5.82 Å². The molecule has 0 radical (unpaired) electrons. The largest absolute Gasteiger partial charge is 0.273 e. The second-order valence-electron chi connectivity index (χ2n) is 4.65. The Labute approximate surface area is 123 Å². The fraction of sp³-hybridized carbons (Fsp3) is 0. The molecule has 1 N–H and O–H groups in total. The molecule has 0 amide bonds. The molecule has 4 nitrogen and oxygen atoms in total. The zero-order valence-electron chi connectivity index (χ0n) is 10.7. The third-order valence-electron chi connectivity index (χ3n) is 3.30. The first kappa shape index (κ1) is 12.2. The Morgan fingerprint density at radius 3 is 2.76 bits per heavy atom. The molecule has 0 atom stereocenters. The number of halogens is 1. The molecule has 102 valence electrons. The van der Waals surface area contributed by atoms with Crippen LogP contribution in [0.5, 0.6) is 0 Å². The lowest BCUT2D eigenvalue weighted by Gasteiger charge is -1.98. The van der Waals surface area contributed by atoms with Gasteiger partial charge in [0.15, 0.2) is 11.5 Å². The molecule has 2 aromatic heterocycles. The Balaban J connectivity index is 2.08.